The zero-order valence-corrected chi connectivity index (χ0v) is 38.8. The van der Waals surface area contributed by atoms with Crippen molar-refractivity contribution in [2.75, 3.05) is 13.2 Å². The Hall–Kier alpha value is -3.97. The molecule has 0 aromatic carbocycles. The summed E-state index contributed by atoms with van der Waals surface area (Å²) in [6, 6.07) is -1.14. The van der Waals surface area contributed by atoms with Crippen molar-refractivity contribution >= 4 is 17.8 Å². The minimum absolute atomic E-state index is 0.111. The molecule has 2 amide bonds. The van der Waals surface area contributed by atoms with E-state index in [2.05, 4.69) is 5.32 Å². The molecule has 3 aliphatic heterocycles. The maximum absolute atomic E-state index is 13.6. The summed E-state index contributed by atoms with van der Waals surface area (Å²) in [5.74, 6) is -6.16. The maximum atomic E-state index is 13.6. The van der Waals surface area contributed by atoms with Gasteiger partial charge in [0.15, 0.2) is 12.1 Å². The highest BCUT2D eigenvalue weighted by molar-refractivity contribution is 5.81. The Balaban J connectivity index is 1.90. The predicted molar refractivity (Wildman–Crippen MR) is 247 cm³/mol. The monoisotopic (exact) mass is 966 g/mol. The molecular formula is C48H75N3O17. The smallest absolute Gasteiger partial charge is 0.308 e. The van der Waals surface area contributed by atoms with Crippen molar-refractivity contribution in [3.63, 3.8) is 0 Å². The fourth-order valence-corrected chi connectivity index (χ4v) is 7.94. The highest BCUT2D eigenvalue weighted by atomic mass is 16.7. The second-order valence-electron chi connectivity index (χ2n) is 17.9. The Bertz CT molecular complexity index is 1760. The highest BCUT2D eigenvalue weighted by Gasteiger charge is 2.50. The number of hydrogen-bond donors (Lipinski definition) is 13. The summed E-state index contributed by atoms with van der Waals surface area (Å²) >= 11 is 0. The molecule has 15 N–H and O–H groups in total. The Morgan fingerprint density at radius 2 is 1.32 bits per heavy atom. The van der Waals surface area contributed by atoms with Crippen molar-refractivity contribution in [2.45, 2.75) is 169 Å². The number of nitrogens with one attached hydrogen (secondary N) is 1. The molecule has 0 aromatic heterocycles. The first kappa shape index (κ1) is 58.3. The highest BCUT2D eigenvalue weighted by Crippen LogP contribution is 2.38. The summed E-state index contributed by atoms with van der Waals surface area (Å²) in [6.45, 7) is 2.99. The molecule has 0 saturated carbocycles. The molecule has 2 saturated heterocycles. The second kappa shape index (κ2) is 29.9. The zero-order valence-electron chi connectivity index (χ0n) is 38.8. The van der Waals surface area contributed by atoms with Gasteiger partial charge in [-0.2, -0.15) is 0 Å². The predicted octanol–water partition coefficient (Wildman–Crippen LogP) is -1.02. The molecule has 384 valence electrons. The van der Waals surface area contributed by atoms with Crippen LogP contribution in [-0.4, -0.2) is 173 Å². The topological polar surface area (TPSA) is 354 Å². The third-order valence-electron chi connectivity index (χ3n) is 11.7. The van der Waals surface area contributed by atoms with Crippen LogP contribution in [0.4, 0.5) is 0 Å². The Morgan fingerprint density at radius 3 is 1.94 bits per heavy atom. The molecule has 3 heterocycles. The normalized spacial score (nSPS) is 41.7. The van der Waals surface area contributed by atoms with Gasteiger partial charge in [0, 0.05) is 51.0 Å². The summed E-state index contributed by atoms with van der Waals surface area (Å²) in [5, 5.41) is 111. The molecule has 0 radical (unpaired) electrons. The minimum atomic E-state index is -2.32. The van der Waals surface area contributed by atoms with Gasteiger partial charge >= 0.3 is 5.97 Å². The van der Waals surface area contributed by atoms with E-state index in [0.717, 1.165) is 0 Å². The number of esters is 1. The van der Waals surface area contributed by atoms with Crippen molar-refractivity contribution in [2.24, 2.45) is 23.3 Å². The summed E-state index contributed by atoms with van der Waals surface area (Å²) in [4.78, 5) is 37.5. The number of hydrogen-bond acceptors (Lipinski definition) is 18. The van der Waals surface area contributed by atoms with Gasteiger partial charge < -0.3 is 86.8 Å². The van der Waals surface area contributed by atoms with Crippen LogP contribution in [0.3, 0.4) is 0 Å². The lowest BCUT2D eigenvalue weighted by Crippen LogP contribution is -2.59. The summed E-state index contributed by atoms with van der Waals surface area (Å²) < 4.78 is 23.1. The van der Waals surface area contributed by atoms with Gasteiger partial charge in [-0.1, -0.05) is 92.0 Å². The van der Waals surface area contributed by atoms with Gasteiger partial charge in [0.1, 0.15) is 12.2 Å². The molecular weight excluding hydrogens is 891 g/mol. The van der Waals surface area contributed by atoms with E-state index in [9.17, 15) is 65.4 Å². The largest absolute Gasteiger partial charge is 0.462 e. The number of cyclic esters (lactones) is 1. The van der Waals surface area contributed by atoms with Gasteiger partial charge in [-0.15, -0.1) is 0 Å². The van der Waals surface area contributed by atoms with Crippen LogP contribution in [0.5, 0.6) is 0 Å². The molecule has 20 heteroatoms. The molecule has 8 unspecified atom stereocenters. The minimum Gasteiger partial charge on any atom is -0.462 e. The molecule has 3 aliphatic rings. The number of carbonyl (C=O) groups excluding carboxylic acids is 3. The van der Waals surface area contributed by atoms with E-state index in [4.69, 9.17) is 30.4 Å². The molecule has 20 nitrogen and oxygen atoms in total. The molecule has 2 fully saturated rings. The lowest BCUT2D eigenvalue weighted by atomic mass is 9.82. The fourth-order valence-electron chi connectivity index (χ4n) is 7.94. The van der Waals surface area contributed by atoms with Crippen molar-refractivity contribution < 1.29 is 84.4 Å². The summed E-state index contributed by atoms with van der Waals surface area (Å²) in [5.41, 5.74) is 11.2. The van der Waals surface area contributed by atoms with Gasteiger partial charge in [0.25, 0.3) is 0 Å². The number of fused-ring (bicyclic) bond motifs is 2. The van der Waals surface area contributed by atoms with E-state index >= 15 is 0 Å². The Morgan fingerprint density at radius 1 is 0.721 bits per heavy atom. The van der Waals surface area contributed by atoms with Crippen LogP contribution in [-0.2, 0) is 33.3 Å². The third-order valence-corrected chi connectivity index (χ3v) is 11.7. The second-order valence-corrected chi connectivity index (χ2v) is 17.9. The molecule has 0 spiro atoms. The maximum Gasteiger partial charge on any atom is 0.308 e. The summed E-state index contributed by atoms with van der Waals surface area (Å²) in [6.07, 6.45) is 4.59. The molecule has 3 rings (SSSR count). The number of allylic oxidation sites excluding steroid dienone is 12. The molecule has 68 heavy (non-hydrogen) atoms. The van der Waals surface area contributed by atoms with E-state index in [-0.39, 0.29) is 57.6 Å². The number of carbonyl (C=O) groups is 3. The van der Waals surface area contributed by atoms with Crippen molar-refractivity contribution in [3.8, 4) is 0 Å². The Kier molecular flexibility index (Phi) is 25.7. The molecule has 17 atom stereocenters. The first-order valence-electron chi connectivity index (χ1n) is 23.2. The number of rotatable bonds is 6. The van der Waals surface area contributed by atoms with Crippen LogP contribution in [0.15, 0.2) is 85.1 Å². The standard InChI is InChI=1S/C48H75N3O17/c1-29-15-13-11-9-7-5-3-4-6-8-10-12-14-16-34(67-47-45(62)44(50)39(59)28-65-47)25-40-43(46(63)51-20-19-41(49)60)38(58)27-48(64,68-40)26-33(54)23-37(57)35(55)18-17-31(52)22-32(53)24-42(61)66-30(2)21-36(29)56/h3-16,29-40,43-45,47,52-59,62,64H,17-28,50H2,1-2H3,(H2,49,60)(H,51,63)/b4-3+,7-5+,8-6+,11-9+,12-10+,15-13+,16-14+/t29-,30-,31?,32?,33?,34?,35?,36-,37?,38-,39+,40-,43?,44-,45+,47-,48?/m0/s1. The van der Waals surface area contributed by atoms with E-state index in [1.807, 2.05) is 13.0 Å². The van der Waals surface area contributed by atoms with E-state index in [1.54, 1.807) is 79.8 Å². The number of nitrogens with two attached hydrogens (primary N) is 2. The number of aliphatic hydroxyl groups is 10. The van der Waals surface area contributed by atoms with Gasteiger partial charge in [0.05, 0.1) is 86.0 Å². The number of aliphatic hydroxyl groups excluding tert-OH is 9. The van der Waals surface area contributed by atoms with Crippen LogP contribution < -0.4 is 16.8 Å². The lowest BCUT2D eigenvalue weighted by molar-refractivity contribution is -0.304. The van der Waals surface area contributed by atoms with Crippen LogP contribution in [0, 0.1) is 11.8 Å². The van der Waals surface area contributed by atoms with Crippen LogP contribution in [0.1, 0.15) is 78.1 Å². The molecule has 0 aliphatic carbocycles. The van der Waals surface area contributed by atoms with Crippen molar-refractivity contribution in [1.82, 2.24) is 5.32 Å². The van der Waals surface area contributed by atoms with Gasteiger partial charge in [0.2, 0.25) is 11.8 Å². The molecule has 2 bridgehead atoms. The van der Waals surface area contributed by atoms with Crippen molar-refractivity contribution in [3.05, 3.63) is 85.1 Å². The van der Waals surface area contributed by atoms with Gasteiger partial charge in [-0.05, 0) is 26.2 Å². The average Bonchev–Trinajstić information content (AvgIpc) is 3.24. The van der Waals surface area contributed by atoms with Crippen LogP contribution in [0.25, 0.3) is 0 Å². The van der Waals surface area contributed by atoms with E-state index in [0.29, 0.717) is 0 Å². The summed E-state index contributed by atoms with van der Waals surface area (Å²) in [7, 11) is 0. The van der Waals surface area contributed by atoms with E-state index in [1.165, 1.54) is 6.08 Å². The fraction of sp³-hybridized carbons (Fsp3) is 0.646. The van der Waals surface area contributed by atoms with Crippen LogP contribution >= 0.6 is 0 Å². The zero-order chi connectivity index (χ0) is 50.4. The lowest BCUT2D eigenvalue weighted by Gasteiger charge is -2.45. The first-order valence-corrected chi connectivity index (χ1v) is 23.2. The van der Waals surface area contributed by atoms with Gasteiger partial charge in [-0.3, -0.25) is 14.4 Å². The van der Waals surface area contributed by atoms with Crippen LogP contribution in [0.2, 0.25) is 0 Å². The van der Waals surface area contributed by atoms with Gasteiger partial charge in [-0.25, -0.2) is 0 Å². The van der Waals surface area contributed by atoms with Crippen molar-refractivity contribution in [1.29, 1.82) is 0 Å². The van der Waals surface area contributed by atoms with E-state index < -0.39 is 141 Å². The number of primary amides is 1. The SMILES string of the molecule is C[C@H]1C[C@H](O)[C@@H](C)/C=C/C=C/C=C/C=C/C=C/C=C/C=C/C(O[C@@H]2OC[C@@H](O)[C@H](N)[C@H]2O)C[C@@H]2OC(O)(CC(O)CC(O)C(O)CCC(O)CC(O)CC(=O)O1)C[C@H](O)C2C(=O)NCCC(N)=O. The average molecular weight is 966 g/mol. The quantitative estimate of drug-likeness (QED) is 0.142. The number of ether oxygens (including phenoxy) is 4. The number of amides is 2. The first-order chi connectivity index (χ1) is 32.2. The Labute approximate surface area is 397 Å². The molecule has 0 aromatic rings. The third kappa shape index (κ3) is 21.3.